The number of phenols is 4. The van der Waals surface area contributed by atoms with Gasteiger partial charge in [0.05, 0.1) is 11.8 Å². The van der Waals surface area contributed by atoms with Crippen molar-refractivity contribution in [1.82, 2.24) is 0 Å². The highest BCUT2D eigenvalue weighted by Gasteiger charge is 2.32. The van der Waals surface area contributed by atoms with Gasteiger partial charge in [0.15, 0.2) is 17.3 Å². The molecule has 7 heteroatoms. The first-order valence-corrected chi connectivity index (χ1v) is 8.55. The van der Waals surface area contributed by atoms with Crippen LogP contribution in [-0.4, -0.2) is 26.2 Å². The molecule has 1 aromatic heterocycles. The van der Waals surface area contributed by atoms with Gasteiger partial charge in [0.25, 0.3) is 0 Å². The minimum atomic E-state index is -0.560. The Morgan fingerprint density at radius 3 is 2.36 bits per heavy atom. The maximum absolute atomic E-state index is 12.8. The van der Waals surface area contributed by atoms with Crippen molar-refractivity contribution < 1.29 is 34.4 Å². The van der Waals surface area contributed by atoms with Crippen molar-refractivity contribution in [2.75, 3.05) is 0 Å². The van der Waals surface area contributed by atoms with E-state index in [1.54, 1.807) is 12.1 Å². The van der Waals surface area contributed by atoms with Crippen LogP contribution < -0.4 is 4.74 Å². The highest BCUT2D eigenvalue weighted by atomic mass is 16.5. The number of aromatic hydroxyl groups is 4. The Hall–Kier alpha value is -3.87. The van der Waals surface area contributed by atoms with Crippen molar-refractivity contribution in [2.24, 2.45) is 0 Å². The fourth-order valence-corrected chi connectivity index (χ4v) is 3.62. The molecule has 0 spiro atoms. The van der Waals surface area contributed by atoms with E-state index in [2.05, 4.69) is 0 Å². The number of carbonyl (C=O) groups is 1. The average molecular weight is 378 g/mol. The third kappa shape index (κ3) is 2.26. The standard InChI is InChI=1S/C21H14O7/c22-10-3-1-9(2-4-10)15-7-14(25)20-18(27-15)8-17-19(21(20)26)11-5-12(23)13(24)6-16(11)28-17/h1-6,8,15,22-24,26H,7H2/t15-/m0/s1. The molecule has 4 aromatic rings. The van der Waals surface area contributed by atoms with Gasteiger partial charge in [-0.15, -0.1) is 0 Å². The van der Waals surface area contributed by atoms with Crippen LogP contribution in [-0.2, 0) is 0 Å². The van der Waals surface area contributed by atoms with E-state index in [-0.39, 0.29) is 63.1 Å². The molecule has 0 aliphatic carbocycles. The second kappa shape index (κ2) is 5.56. The minimum absolute atomic E-state index is 0.0265. The number of ketones is 1. The van der Waals surface area contributed by atoms with Crippen LogP contribution in [0.3, 0.4) is 0 Å². The predicted octanol–water partition coefficient (Wildman–Crippen LogP) is 4.11. The quantitative estimate of drug-likeness (QED) is 0.368. The summed E-state index contributed by atoms with van der Waals surface area (Å²) >= 11 is 0. The Labute approximate surface area is 157 Å². The summed E-state index contributed by atoms with van der Waals surface area (Å²) in [7, 11) is 0. The summed E-state index contributed by atoms with van der Waals surface area (Å²) in [5.74, 6) is -0.995. The Bertz CT molecular complexity index is 1270. The van der Waals surface area contributed by atoms with E-state index in [0.717, 1.165) is 5.56 Å². The first-order valence-electron chi connectivity index (χ1n) is 8.55. The lowest BCUT2D eigenvalue weighted by atomic mass is 9.94. The van der Waals surface area contributed by atoms with E-state index in [1.807, 2.05) is 0 Å². The molecule has 3 aromatic carbocycles. The van der Waals surface area contributed by atoms with Gasteiger partial charge in [-0.25, -0.2) is 0 Å². The monoisotopic (exact) mass is 378 g/mol. The van der Waals surface area contributed by atoms with Gasteiger partial charge < -0.3 is 29.6 Å². The first-order chi connectivity index (χ1) is 13.4. The Balaban J connectivity index is 1.69. The van der Waals surface area contributed by atoms with Crippen LogP contribution in [0.2, 0.25) is 0 Å². The van der Waals surface area contributed by atoms with Crippen LogP contribution in [0.25, 0.3) is 21.9 Å². The molecule has 1 aliphatic rings. The molecular weight excluding hydrogens is 364 g/mol. The molecule has 5 rings (SSSR count). The normalized spacial score (nSPS) is 16.3. The number of furan rings is 1. The molecular formula is C21H14O7. The fourth-order valence-electron chi connectivity index (χ4n) is 3.62. The van der Waals surface area contributed by atoms with E-state index >= 15 is 0 Å². The number of ether oxygens (including phenoxy) is 1. The number of phenolic OH excluding ortho intramolecular Hbond substituents is 4. The molecule has 2 heterocycles. The maximum Gasteiger partial charge on any atom is 0.174 e. The third-order valence-corrected chi connectivity index (χ3v) is 4.98. The van der Waals surface area contributed by atoms with E-state index in [4.69, 9.17) is 9.15 Å². The van der Waals surface area contributed by atoms with Crippen LogP contribution >= 0.6 is 0 Å². The van der Waals surface area contributed by atoms with Gasteiger partial charge in [-0.05, 0) is 23.8 Å². The number of carbonyl (C=O) groups excluding carboxylic acids is 1. The first kappa shape index (κ1) is 16.3. The van der Waals surface area contributed by atoms with Crippen LogP contribution in [0.4, 0.5) is 0 Å². The Morgan fingerprint density at radius 1 is 0.893 bits per heavy atom. The zero-order chi connectivity index (χ0) is 19.6. The summed E-state index contributed by atoms with van der Waals surface area (Å²) in [6.45, 7) is 0. The molecule has 28 heavy (non-hydrogen) atoms. The van der Waals surface area contributed by atoms with E-state index in [1.165, 1.54) is 30.3 Å². The third-order valence-electron chi connectivity index (χ3n) is 4.98. The predicted molar refractivity (Wildman–Crippen MR) is 99.1 cm³/mol. The molecule has 0 radical (unpaired) electrons. The number of Topliss-reactive ketones (excluding diaryl/α,β-unsaturated/α-hetero) is 1. The number of benzene rings is 3. The molecule has 1 atom stereocenters. The highest BCUT2D eigenvalue weighted by molar-refractivity contribution is 6.15. The second-order valence-electron chi connectivity index (χ2n) is 6.74. The van der Waals surface area contributed by atoms with Crippen molar-refractivity contribution >= 4 is 27.7 Å². The van der Waals surface area contributed by atoms with Crippen LogP contribution in [0, 0.1) is 0 Å². The fraction of sp³-hybridized carbons (Fsp3) is 0.0952. The molecule has 0 saturated heterocycles. The van der Waals surface area contributed by atoms with E-state index < -0.39 is 6.10 Å². The lowest BCUT2D eigenvalue weighted by Gasteiger charge is -2.26. The highest BCUT2D eigenvalue weighted by Crippen LogP contribution is 2.47. The zero-order valence-corrected chi connectivity index (χ0v) is 14.3. The Morgan fingerprint density at radius 2 is 1.61 bits per heavy atom. The summed E-state index contributed by atoms with van der Waals surface area (Å²) in [4.78, 5) is 12.8. The van der Waals surface area contributed by atoms with E-state index in [9.17, 15) is 25.2 Å². The van der Waals surface area contributed by atoms with Gasteiger partial charge in [0, 0.05) is 17.5 Å². The van der Waals surface area contributed by atoms with Crippen molar-refractivity contribution in [3.8, 4) is 28.7 Å². The zero-order valence-electron chi connectivity index (χ0n) is 14.3. The molecule has 0 saturated carbocycles. The molecule has 1 aliphatic heterocycles. The lowest BCUT2D eigenvalue weighted by Crippen LogP contribution is -2.20. The second-order valence-corrected chi connectivity index (χ2v) is 6.74. The number of fused-ring (bicyclic) bond motifs is 4. The molecule has 4 N–H and O–H groups in total. The van der Waals surface area contributed by atoms with Gasteiger partial charge in [0.1, 0.15) is 40.1 Å². The summed E-state index contributed by atoms with van der Waals surface area (Å²) in [5.41, 5.74) is 1.29. The maximum atomic E-state index is 12.8. The number of hydrogen-bond acceptors (Lipinski definition) is 7. The van der Waals surface area contributed by atoms with Gasteiger partial charge in [-0.2, -0.15) is 0 Å². The van der Waals surface area contributed by atoms with Crippen molar-refractivity contribution in [3.63, 3.8) is 0 Å². The molecule has 140 valence electrons. The van der Waals surface area contributed by atoms with Crippen molar-refractivity contribution in [1.29, 1.82) is 0 Å². The van der Waals surface area contributed by atoms with Gasteiger partial charge >= 0.3 is 0 Å². The Kier molecular flexibility index (Phi) is 3.24. The summed E-state index contributed by atoms with van der Waals surface area (Å²) in [5, 5.41) is 40.3. The van der Waals surface area contributed by atoms with Crippen molar-refractivity contribution in [2.45, 2.75) is 12.5 Å². The topological polar surface area (TPSA) is 120 Å². The van der Waals surface area contributed by atoms with Gasteiger partial charge in [-0.1, -0.05) is 12.1 Å². The lowest BCUT2D eigenvalue weighted by molar-refractivity contribution is 0.0846. The summed E-state index contributed by atoms with van der Waals surface area (Å²) < 4.78 is 11.6. The minimum Gasteiger partial charge on any atom is -0.508 e. The summed E-state index contributed by atoms with van der Waals surface area (Å²) in [6.07, 6.45) is -0.534. The van der Waals surface area contributed by atoms with Gasteiger partial charge in [-0.3, -0.25) is 4.79 Å². The molecule has 0 fully saturated rings. The van der Waals surface area contributed by atoms with Crippen LogP contribution in [0.15, 0.2) is 46.9 Å². The SMILES string of the molecule is O=C1C[C@@H](c2ccc(O)cc2)Oc2cc3oc4cc(O)c(O)cc4c3c(O)c21. The van der Waals surface area contributed by atoms with Crippen LogP contribution in [0.1, 0.15) is 28.4 Å². The number of hydrogen-bond donors (Lipinski definition) is 4. The molecule has 0 unspecified atom stereocenters. The van der Waals surface area contributed by atoms with Crippen LogP contribution in [0.5, 0.6) is 28.7 Å². The van der Waals surface area contributed by atoms with E-state index in [0.29, 0.717) is 5.39 Å². The average Bonchev–Trinajstić information content (AvgIpc) is 2.99. The molecule has 7 nitrogen and oxygen atoms in total. The number of rotatable bonds is 1. The van der Waals surface area contributed by atoms with Gasteiger partial charge in [0.2, 0.25) is 0 Å². The molecule has 0 amide bonds. The summed E-state index contributed by atoms with van der Waals surface area (Å²) in [6, 6.07) is 10.4. The largest absolute Gasteiger partial charge is 0.508 e. The molecule has 0 bridgehead atoms. The van der Waals surface area contributed by atoms with Crippen molar-refractivity contribution in [3.05, 3.63) is 53.6 Å². The smallest absolute Gasteiger partial charge is 0.174 e.